The molecule has 5 fully saturated rings. The Morgan fingerprint density at radius 3 is 2.40 bits per heavy atom. The van der Waals surface area contributed by atoms with Crippen molar-refractivity contribution in [2.75, 3.05) is 25.5 Å². The standard InChI is InChI=1S/C30H42N6O6/c1-31-29(41)24(37)7-6-22(33-27(39)19-4-2-8-32-15-19)28(40)34-23-5-3-9-36(30(23)42)16-25(38)35-26-20-11-17-10-18(13-20)14-21(26)12-17/h3,5,9,17-22,26,32H,2,4,6-8,10-16H2,1H3,(H,31,41)(H,33,39)(H,34,40)(H,35,38)/t17?,18?,19-,20?,21?,22+,26?/m1/s1. The number of nitrogens with one attached hydrogen (secondary N) is 5. The number of nitrogens with zero attached hydrogens (tertiary/aromatic N) is 1. The number of ketones is 1. The van der Waals surface area contributed by atoms with Gasteiger partial charge in [-0.25, -0.2) is 0 Å². The van der Waals surface area contributed by atoms with Gasteiger partial charge in [-0.2, -0.15) is 0 Å². The molecule has 0 unspecified atom stereocenters. The highest BCUT2D eigenvalue weighted by Crippen LogP contribution is 2.53. The van der Waals surface area contributed by atoms with Crippen LogP contribution in [0.1, 0.15) is 57.8 Å². The maximum Gasteiger partial charge on any atom is 0.287 e. The summed E-state index contributed by atoms with van der Waals surface area (Å²) in [6.07, 6.45) is 8.63. The first-order valence-corrected chi connectivity index (χ1v) is 15.3. The molecular formula is C30H42N6O6. The Kier molecular flexibility index (Phi) is 9.40. The number of piperidine rings is 1. The molecule has 12 nitrogen and oxygen atoms in total. The second kappa shape index (κ2) is 13.2. The fourth-order valence-electron chi connectivity index (χ4n) is 7.69. The average Bonchev–Trinajstić information content (AvgIpc) is 2.98. The zero-order valence-electron chi connectivity index (χ0n) is 24.2. The molecule has 5 N–H and O–H groups in total. The van der Waals surface area contributed by atoms with E-state index >= 15 is 0 Å². The number of aromatic nitrogens is 1. The van der Waals surface area contributed by atoms with Crippen LogP contribution in [0, 0.1) is 29.6 Å². The van der Waals surface area contributed by atoms with Crippen LogP contribution in [0.5, 0.6) is 0 Å². The second-order valence-electron chi connectivity index (χ2n) is 12.5. The second-order valence-corrected chi connectivity index (χ2v) is 12.5. The number of hydrogen-bond donors (Lipinski definition) is 5. The quantitative estimate of drug-likeness (QED) is 0.234. The van der Waals surface area contributed by atoms with Gasteiger partial charge in [0.1, 0.15) is 18.3 Å². The molecule has 0 aromatic carbocycles. The number of pyridine rings is 1. The van der Waals surface area contributed by atoms with Crippen LogP contribution in [0.15, 0.2) is 23.1 Å². The van der Waals surface area contributed by atoms with Crippen molar-refractivity contribution in [1.82, 2.24) is 25.8 Å². The molecule has 4 amide bonds. The number of anilines is 1. The molecule has 0 radical (unpaired) electrons. The van der Waals surface area contributed by atoms with E-state index in [4.69, 9.17) is 0 Å². The van der Waals surface area contributed by atoms with Gasteiger partial charge in [-0.3, -0.25) is 28.8 Å². The largest absolute Gasteiger partial charge is 0.353 e. The lowest BCUT2D eigenvalue weighted by molar-refractivity contribution is -0.138. The number of Topliss-reactive ketones (excluding diaryl/α,β-unsaturated/α-hetero) is 1. The van der Waals surface area contributed by atoms with E-state index in [-0.39, 0.29) is 48.8 Å². The molecule has 1 aromatic rings. The molecule has 0 spiro atoms. The van der Waals surface area contributed by atoms with Gasteiger partial charge in [0, 0.05) is 32.3 Å². The smallest absolute Gasteiger partial charge is 0.287 e. The molecule has 6 rings (SSSR count). The number of carbonyl (C=O) groups excluding carboxylic acids is 5. The van der Waals surface area contributed by atoms with E-state index in [1.807, 2.05) is 0 Å². The fraction of sp³-hybridized carbons (Fsp3) is 0.667. The minimum atomic E-state index is -1.14. The summed E-state index contributed by atoms with van der Waals surface area (Å²) >= 11 is 0. The van der Waals surface area contributed by atoms with Gasteiger partial charge in [0.25, 0.3) is 11.5 Å². The highest BCUT2D eigenvalue weighted by atomic mass is 16.2. The van der Waals surface area contributed by atoms with Crippen molar-refractivity contribution in [3.63, 3.8) is 0 Å². The first kappa shape index (κ1) is 29.9. The first-order valence-electron chi connectivity index (χ1n) is 15.3. The monoisotopic (exact) mass is 582 g/mol. The van der Waals surface area contributed by atoms with Crippen LogP contribution < -0.4 is 32.1 Å². The summed E-state index contributed by atoms with van der Waals surface area (Å²) in [5, 5.41) is 13.9. The Labute approximate surface area is 245 Å². The highest BCUT2D eigenvalue weighted by molar-refractivity contribution is 6.36. The van der Waals surface area contributed by atoms with Crippen molar-refractivity contribution in [2.24, 2.45) is 29.6 Å². The van der Waals surface area contributed by atoms with Crippen molar-refractivity contribution < 1.29 is 24.0 Å². The summed E-state index contributed by atoms with van der Waals surface area (Å²) in [6.45, 7) is 1.13. The lowest BCUT2D eigenvalue weighted by Gasteiger charge is -2.54. The predicted octanol–water partition coefficient (Wildman–Crippen LogP) is 0.307. The number of hydrogen-bond acceptors (Lipinski definition) is 7. The predicted molar refractivity (Wildman–Crippen MR) is 154 cm³/mol. The molecule has 1 saturated heterocycles. The van der Waals surface area contributed by atoms with E-state index in [0.29, 0.717) is 24.8 Å². The van der Waals surface area contributed by atoms with Crippen molar-refractivity contribution in [3.8, 4) is 0 Å². The van der Waals surface area contributed by atoms with E-state index in [2.05, 4.69) is 26.6 Å². The maximum absolute atomic E-state index is 13.3. The van der Waals surface area contributed by atoms with Crippen LogP contribution in [-0.4, -0.2) is 66.2 Å². The third-order valence-corrected chi connectivity index (χ3v) is 9.59. The highest BCUT2D eigenvalue weighted by Gasteiger charge is 2.48. The van der Waals surface area contributed by atoms with Gasteiger partial charge in [0.05, 0.1) is 5.92 Å². The summed E-state index contributed by atoms with van der Waals surface area (Å²) in [5.41, 5.74) is -0.588. The van der Waals surface area contributed by atoms with Crippen molar-refractivity contribution >= 4 is 35.1 Å². The van der Waals surface area contributed by atoms with Gasteiger partial charge >= 0.3 is 0 Å². The Morgan fingerprint density at radius 1 is 1.05 bits per heavy atom. The van der Waals surface area contributed by atoms with E-state index in [9.17, 15) is 28.8 Å². The summed E-state index contributed by atoms with van der Waals surface area (Å²) in [7, 11) is 1.34. The molecule has 2 atom stereocenters. The molecule has 4 aliphatic carbocycles. The molecule has 12 heteroatoms. The zero-order chi connectivity index (χ0) is 29.8. The van der Waals surface area contributed by atoms with Crippen LogP contribution in [-0.2, 0) is 30.5 Å². The molecule has 42 heavy (non-hydrogen) atoms. The minimum absolute atomic E-state index is 0.0406. The summed E-state index contributed by atoms with van der Waals surface area (Å²) in [4.78, 5) is 76.2. The molecule has 5 aliphatic rings. The Morgan fingerprint density at radius 2 is 1.76 bits per heavy atom. The van der Waals surface area contributed by atoms with Crippen LogP contribution in [0.4, 0.5) is 5.69 Å². The zero-order valence-corrected chi connectivity index (χ0v) is 24.2. The molecular weight excluding hydrogens is 540 g/mol. The molecule has 228 valence electrons. The average molecular weight is 583 g/mol. The van der Waals surface area contributed by atoms with Gasteiger partial charge in [-0.15, -0.1) is 0 Å². The minimum Gasteiger partial charge on any atom is -0.353 e. The Bertz CT molecular complexity index is 1240. The number of rotatable bonds is 11. The Hall–Kier alpha value is -3.54. The van der Waals surface area contributed by atoms with Crippen molar-refractivity contribution in [2.45, 2.75) is 76.4 Å². The van der Waals surface area contributed by atoms with Crippen molar-refractivity contribution in [3.05, 3.63) is 28.7 Å². The number of carbonyl (C=O) groups is 5. The van der Waals surface area contributed by atoms with Crippen LogP contribution in [0.2, 0.25) is 0 Å². The van der Waals surface area contributed by atoms with E-state index in [1.54, 1.807) is 6.07 Å². The molecule has 4 bridgehead atoms. The molecule has 2 heterocycles. The maximum atomic E-state index is 13.3. The van der Waals surface area contributed by atoms with Crippen molar-refractivity contribution in [1.29, 1.82) is 0 Å². The number of likely N-dealkylation sites (N-methyl/N-ethyl adjacent to an activating group) is 1. The third-order valence-electron chi connectivity index (χ3n) is 9.59. The summed E-state index contributed by atoms with van der Waals surface area (Å²) in [5.74, 6) is -0.449. The van der Waals surface area contributed by atoms with Gasteiger partial charge in [0.2, 0.25) is 23.5 Å². The first-order chi connectivity index (χ1) is 20.2. The number of amides is 4. The lowest BCUT2D eigenvalue weighted by atomic mass is 9.54. The normalized spacial score (nSPS) is 28.4. The van der Waals surface area contributed by atoms with Gasteiger partial charge in [-0.1, -0.05) is 0 Å². The van der Waals surface area contributed by atoms with Crippen LogP contribution in [0.3, 0.4) is 0 Å². The van der Waals surface area contributed by atoms with E-state index in [0.717, 1.165) is 24.8 Å². The summed E-state index contributed by atoms with van der Waals surface area (Å²) < 4.78 is 1.26. The van der Waals surface area contributed by atoms with Gasteiger partial charge < -0.3 is 31.2 Å². The fourth-order valence-corrected chi connectivity index (χ4v) is 7.69. The van der Waals surface area contributed by atoms with E-state index < -0.39 is 29.2 Å². The summed E-state index contributed by atoms with van der Waals surface area (Å²) in [6, 6.07) is 2.03. The lowest BCUT2D eigenvalue weighted by Crippen LogP contribution is -2.56. The molecule has 4 saturated carbocycles. The molecule has 1 aromatic heterocycles. The third kappa shape index (κ3) is 6.91. The topological polar surface area (TPSA) is 168 Å². The van der Waals surface area contributed by atoms with Gasteiger partial charge in [-0.05, 0) is 93.7 Å². The Balaban J connectivity index is 1.22. The van der Waals surface area contributed by atoms with Gasteiger partial charge in [0.15, 0.2) is 0 Å². The molecule has 1 aliphatic heterocycles. The van der Waals surface area contributed by atoms with Crippen LogP contribution in [0.25, 0.3) is 0 Å². The van der Waals surface area contributed by atoms with Crippen LogP contribution >= 0.6 is 0 Å². The SMILES string of the molecule is CNC(=O)C(=O)CC[C@H](NC(=O)[C@@H]1CCCNC1)C(=O)Nc1cccn(CC(=O)NC2C3CC4CC(C3)CC2C4)c1=O. The van der Waals surface area contributed by atoms with E-state index in [1.165, 1.54) is 56.0 Å².